The molecule has 15 heteroatoms. The average Bonchev–Trinajstić information content (AvgIpc) is 2.22. The molecule has 0 bridgehead atoms. The first-order valence-corrected chi connectivity index (χ1v) is 5.44. The molecule has 0 aliphatic carbocycles. The predicted molar refractivity (Wildman–Crippen MR) is 65.2 cm³/mol. The number of aliphatic carboxylic acids is 4. The van der Waals surface area contributed by atoms with E-state index in [4.69, 9.17) is 0 Å². The Hall–Kier alpha value is -1.28. The van der Waals surface area contributed by atoms with Crippen LogP contribution >= 0.6 is 0 Å². The third kappa shape index (κ3) is 25.1. The van der Waals surface area contributed by atoms with Gasteiger partial charge in [-0.1, -0.05) is 0 Å². The molecule has 0 saturated heterocycles. The molecule has 0 rings (SSSR count). The second-order valence-electron chi connectivity index (χ2n) is 3.91. The Morgan fingerprint density at radius 1 is 0.560 bits per heavy atom. The molecule has 150 valence electrons. The van der Waals surface area contributed by atoms with Gasteiger partial charge in [0.1, 0.15) is 0 Å². The molecule has 0 aromatic rings. The van der Waals surface area contributed by atoms with Crippen molar-refractivity contribution in [2.75, 3.05) is 39.3 Å². The van der Waals surface area contributed by atoms with Crippen molar-refractivity contribution in [2.24, 2.45) is 0 Å². The maximum absolute atomic E-state index is 10.4. The molecular weight excluding hydrogens is 434 g/mol. The second-order valence-corrected chi connectivity index (χ2v) is 3.91. The summed E-state index contributed by atoms with van der Waals surface area (Å²) in [4.78, 5) is 43.4. The van der Waals surface area contributed by atoms with Crippen LogP contribution in [0.15, 0.2) is 0 Å². The molecule has 7 N–H and O–H groups in total. The van der Waals surface area contributed by atoms with Crippen LogP contribution in [0.4, 0.5) is 0 Å². The Balaban J connectivity index is -0.000000180. The third-order valence-electron chi connectivity index (χ3n) is 2.14. The van der Waals surface area contributed by atoms with Gasteiger partial charge in [-0.15, -0.1) is 0 Å². The molecule has 0 aromatic heterocycles. The topological polar surface area (TPSA) is 265 Å². The molecule has 0 radical (unpaired) electrons. The van der Waals surface area contributed by atoms with Gasteiger partial charge in [0.05, 0.1) is 23.9 Å². The number of carboxylic acids is 4. The van der Waals surface area contributed by atoms with Crippen LogP contribution < -0.4 is 26.6 Å². The normalized spacial score (nSPS) is 8.56. The van der Waals surface area contributed by atoms with E-state index in [9.17, 15) is 39.6 Å². The maximum Gasteiger partial charge on any atom is 2.00 e. The quantitative estimate of drug-likeness (QED) is 0.287. The summed E-state index contributed by atoms with van der Waals surface area (Å²) in [5, 5.41) is 41.6. The summed E-state index contributed by atoms with van der Waals surface area (Å²) < 4.78 is 0. The van der Waals surface area contributed by atoms with Crippen molar-refractivity contribution < 1.29 is 84.7 Å². The molecule has 0 fully saturated rings. The van der Waals surface area contributed by atoms with Gasteiger partial charge in [0, 0.05) is 39.3 Å². The number of carbonyl (C=O) groups is 4. The molecule has 0 saturated carbocycles. The van der Waals surface area contributed by atoms with Crippen LogP contribution in [0, 0.1) is 0 Å². The van der Waals surface area contributed by atoms with Gasteiger partial charge in [0.2, 0.25) is 0 Å². The van der Waals surface area contributed by atoms with Crippen LogP contribution in [0.3, 0.4) is 0 Å². The number of carboxylic acid groups (broad SMARTS) is 4. The molecule has 0 spiro atoms. The fourth-order valence-electron chi connectivity index (χ4n) is 1.44. The van der Waals surface area contributed by atoms with Crippen molar-refractivity contribution in [3.05, 3.63) is 0 Å². The average molecular weight is 453 g/mol. The van der Waals surface area contributed by atoms with Gasteiger partial charge in [-0.2, -0.15) is 0 Å². The fourth-order valence-corrected chi connectivity index (χ4v) is 1.44. The zero-order valence-corrected chi connectivity index (χ0v) is 15.0. The standard InChI is InChI=1S/C10H16N2O8.2Fe.H3N.2H2O/c13-7(14)3-11(4-8(15)16)1-2-12(5-9(17)18)6-10(19)20;;;;;/h1-6H2,(H,13,14)(H,15,16)(H,17,18)(H,19,20);;;1H3;2*1H2/q;2*+2;;;/p-4. The first-order valence-electron chi connectivity index (χ1n) is 5.44. The summed E-state index contributed by atoms with van der Waals surface area (Å²) in [6.45, 7) is -3.25. The molecule has 0 atom stereocenters. The summed E-state index contributed by atoms with van der Waals surface area (Å²) in [6.07, 6.45) is 0. The number of carbonyl (C=O) groups excluding carboxylic acids is 4. The van der Waals surface area contributed by atoms with Gasteiger partial charge in [-0.3, -0.25) is 9.80 Å². The van der Waals surface area contributed by atoms with Crippen molar-refractivity contribution in [3.63, 3.8) is 0 Å². The molecular formula is C10H19Fe2N3O10. The molecule has 0 heterocycles. The second kappa shape index (κ2) is 20.8. The van der Waals surface area contributed by atoms with Gasteiger partial charge in [0.15, 0.2) is 0 Å². The minimum atomic E-state index is -1.53. The molecule has 0 unspecified atom stereocenters. The summed E-state index contributed by atoms with van der Waals surface area (Å²) >= 11 is 0. The van der Waals surface area contributed by atoms with Crippen LogP contribution in [0.25, 0.3) is 0 Å². The number of hydrogen-bond donors (Lipinski definition) is 1. The number of hydrogen-bond acceptors (Lipinski definition) is 11. The van der Waals surface area contributed by atoms with Crippen molar-refractivity contribution >= 4 is 23.9 Å². The van der Waals surface area contributed by atoms with E-state index in [1.165, 1.54) is 0 Å². The largest absolute Gasteiger partial charge is 2.00 e. The fraction of sp³-hybridized carbons (Fsp3) is 0.600. The minimum absolute atomic E-state index is 0. The van der Waals surface area contributed by atoms with Crippen molar-refractivity contribution in [2.45, 2.75) is 0 Å². The summed E-state index contributed by atoms with van der Waals surface area (Å²) in [5.74, 6) is -6.12. The molecule has 0 aliphatic rings. The van der Waals surface area contributed by atoms with E-state index in [0.29, 0.717) is 0 Å². The van der Waals surface area contributed by atoms with E-state index in [0.717, 1.165) is 9.80 Å². The van der Waals surface area contributed by atoms with Gasteiger partial charge < -0.3 is 56.7 Å². The zero-order valence-electron chi connectivity index (χ0n) is 12.8. The summed E-state index contributed by atoms with van der Waals surface area (Å²) in [6, 6.07) is 0. The molecule has 0 amide bonds. The monoisotopic (exact) mass is 453 g/mol. The van der Waals surface area contributed by atoms with Gasteiger partial charge in [-0.05, 0) is 0 Å². The first kappa shape index (κ1) is 39.0. The number of rotatable bonds is 11. The molecule has 13 nitrogen and oxygen atoms in total. The van der Waals surface area contributed by atoms with Crippen LogP contribution in [0.2, 0.25) is 0 Å². The van der Waals surface area contributed by atoms with Gasteiger partial charge >= 0.3 is 34.1 Å². The van der Waals surface area contributed by atoms with E-state index >= 15 is 0 Å². The Morgan fingerprint density at radius 2 is 0.720 bits per heavy atom. The Labute approximate surface area is 164 Å². The maximum atomic E-state index is 10.4. The Kier molecular flexibility index (Phi) is 32.4. The van der Waals surface area contributed by atoms with Crippen LogP contribution in [-0.4, -0.2) is 83.9 Å². The van der Waals surface area contributed by atoms with Crippen LogP contribution in [-0.2, 0) is 53.3 Å². The van der Waals surface area contributed by atoms with E-state index in [2.05, 4.69) is 0 Å². The Bertz CT molecular complexity index is 331. The number of nitrogens with zero attached hydrogens (tertiary/aromatic N) is 2. The zero-order chi connectivity index (χ0) is 15.7. The third-order valence-corrected chi connectivity index (χ3v) is 2.14. The minimum Gasteiger partial charge on any atom is -0.549 e. The molecule has 0 aliphatic heterocycles. The smallest absolute Gasteiger partial charge is 0.549 e. The summed E-state index contributed by atoms with van der Waals surface area (Å²) in [5.41, 5.74) is 0. The summed E-state index contributed by atoms with van der Waals surface area (Å²) in [7, 11) is 0. The Morgan fingerprint density at radius 3 is 0.840 bits per heavy atom. The van der Waals surface area contributed by atoms with E-state index in [1.54, 1.807) is 0 Å². The van der Waals surface area contributed by atoms with Gasteiger partial charge in [0.25, 0.3) is 0 Å². The van der Waals surface area contributed by atoms with Crippen molar-refractivity contribution in [3.8, 4) is 0 Å². The van der Waals surface area contributed by atoms with Crippen LogP contribution in [0.5, 0.6) is 0 Å². The van der Waals surface area contributed by atoms with Crippen molar-refractivity contribution in [1.29, 1.82) is 0 Å². The van der Waals surface area contributed by atoms with Crippen LogP contribution in [0.1, 0.15) is 0 Å². The SMILES string of the molecule is N.O.O.O=C([O-])CN(CCN(CC(=O)[O-])CC(=O)[O-])CC(=O)[O-].[Fe+2].[Fe+2]. The predicted octanol–water partition coefficient (Wildman–Crippen LogP) is -8.90. The van der Waals surface area contributed by atoms with E-state index in [1.807, 2.05) is 0 Å². The van der Waals surface area contributed by atoms with Crippen molar-refractivity contribution in [1.82, 2.24) is 16.0 Å². The molecule has 25 heavy (non-hydrogen) atoms. The molecule has 0 aromatic carbocycles. The van der Waals surface area contributed by atoms with E-state index < -0.39 is 50.1 Å². The van der Waals surface area contributed by atoms with Gasteiger partial charge in [-0.25, -0.2) is 0 Å². The first-order chi connectivity index (χ1) is 9.20. The van der Waals surface area contributed by atoms with E-state index in [-0.39, 0.29) is 64.3 Å².